The van der Waals surface area contributed by atoms with Gasteiger partial charge < -0.3 is 20.3 Å². The Hall–Kier alpha value is -1.91. The Labute approximate surface area is 125 Å². The van der Waals surface area contributed by atoms with Gasteiger partial charge in [0.05, 0.1) is 17.5 Å². The van der Waals surface area contributed by atoms with Crippen LogP contribution >= 0.6 is 0 Å². The maximum atomic E-state index is 11.8. The molecule has 0 aliphatic carbocycles. The number of nitrogen functional groups attached to an aromatic ring is 1. The topological polar surface area (TPSA) is 58.8 Å². The predicted octanol–water partition coefficient (Wildman–Crippen LogP) is 1.87. The van der Waals surface area contributed by atoms with Crippen LogP contribution in [0.25, 0.3) is 0 Å². The van der Waals surface area contributed by atoms with Gasteiger partial charge in [-0.05, 0) is 32.4 Å². The lowest BCUT2D eigenvalue weighted by Gasteiger charge is -2.39. The number of para-hydroxylation sites is 1. The SMILES string of the molecule is CC(C)Oc1cccc(N2CCN3C(=O)CCC3C2)c1N. The van der Waals surface area contributed by atoms with Gasteiger partial charge in [-0.2, -0.15) is 0 Å². The van der Waals surface area contributed by atoms with Crippen LogP contribution in [-0.2, 0) is 4.79 Å². The van der Waals surface area contributed by atoms with Crippen LogP contribution in [0.3, 0.4) is 0 Å². The van der Waals surface area contributed by atoms with Crippen LogP contribution in [0.4, 0.5) is 11.4 Å². The first-order chi connectivity index (χ1) is 10.1. The molecule has 5 nitrogen and oxygen atoms in total. The molecule has 2 aliphatic heterocycles. The molecule has 2 saturated heterocycles. The fourth-order valence-corrected chi connectivity index (χ4v) is 3.25. The van der Waals surface area contributed by atoms with Gasteiger partial charge >= 0.3 is 0 Å². The molecular weight excluding hydrogens is 266 g/mol. The first-order valence-electron chi connectivity index (χ1n) is 7.66. The summed E-state index contributed by atoms with van der Waals surface area (Å²) >= 11 is 0. The molecule has 0 radical (unpaired) electrons. The molecule has 0 aromatic heterocycles. The normalized spacial score (nSPS) is 21.9. The van der Waals surface area contributed by atoms with Crippen molar-refractivity contribution in [3.05, 3.63) is 18.2 Å². The smallest absolute Gasteiger partial charge is 0.223 e. The quantitative estimate of drug-likeness (QED) is 0.863. The van der Waals surface area contributed by atoms with Crippen molar-refractivity contribution in [1.82, 2.24) is 4.90 Å². The van der Waals surface area contributed by atoms with Crippen molar-refractivity contribution < 1.29 is 9.53 Å². The zero-order chi connectivity index (χ0) is 15.0. The number of carbonyl (C=O) groups excluding carboxylic acids is 1. The third-order valence-corrected chi connectivity index (χ3v) is 4.24. The largest absolute Gasteiger partial charge is 0.489 e. The number of amides is 1. The Morgan fingerprint density at radius 2 is 2.14 bits per heavy atom. The summed E-state index contributed by atoms with van der Waals surface area (Å²) in [6.45, 7) is 6.47. The number of benzene rings is 1. The van der Waals surface area contributed by atoms with Crippen LogP contribution in [0, 0.1) is 0 Å². The van der Waals surface area contributed by atoms with Gasteiger partial charge in [-0.3, -0.25) is 4.79 Å². The van der Waals surface area contributed by atoms with Crippen LogP contribution in [0.1, 0.15) is 26.7 Å². The second kappa shape index (κ2) is 5.47. The van der Waals surface area contributed by atoms with Gasteiger partial charge in [0.1, 0.15) is 5.75 Å². The number of piperazine rings is 1. The molecule has 2 N–H and O–H groups in total. The monoisotopic (exact) mass is 289 g/mol. The summed E-state index contributed by atoms with van der Waals surface area (Å²) in [6.07, 6.45) is 1.74. The Kier molecular flexibility index (Phi) is 3.66. The Balaban J connectivity index is 1.80. The maximum absolute atomic E-state index is 11.8. The van der Waals surface area contributed by atoms with E-state index in [2.05, 4.69) is 4.90 Å². The van der Waals surface area contributed by atoms with Crippen molar-refractivity contribution in [1.29, 1.82) is 0 Å². The van der Waals surface area contributed by atoms with E-state index in [-0.39, 0.29) is 6.10 Å². The van der Waals surface area contributed by atoms with Crippen molar-refractivity contribution in [2.45, 2.75) is 38.8 Å². The molecule has 2 heterocycles. The van der Waals surface area contributed by atoms with Crippen LogP contribution in [-0.4, -0.2) is 42.6 Å². The maximum Gasteiger partial charge on any atom is 0.223 e. The first kappa shape index (κ1) is 14.0. The van der Waals surface area contributed by atoms with Gasteiger partial charge in [0.15, 0.2) is 0 Å². The zero-order valence-electron chi connectivity index (χ0n) is 12.7. The molecule has 1 aromatic carbocycles. The van der Waals surface area contributed by atoms with Crippen LogP contribution < -0.4 is 15.4 Å². The third-order valence-electron chi connectivity index (χ3n) is 4.24. The number of carbonyl (C=O) groups is 1. The molecule has 0 saturated carbocycles. The summed E-state index contributed by atoms with van der Waals surface area (Å²) in [5, 5.41) is 0. The van der Waals surface area contributed by atoms with E-state index in [0.29, 0.717) is 24.1 Å². The van der Waals surface area contributed by atoms with E-state index < -0.39 is 0 Å². The average molecular weight is 289 g/mol. The van der Waals surface area contributed by atoms with E-state index in [1.807, 2.05) is 36.9 Å². The predicted molar refractivity (Wildman–Crippen MR) is 83.6 cm³/mol. The molecule has 21 heavy (non-hydrogen) atoms. The highest BCUT2D eigenvalue weighted by Crippen LogP contribution is 2.35. The van der Waals surface area contributed by atoms with E-state index in [4.69, 9.17) is 10.5 Å². The van der Waals surface area contributed by atoms with E-state index in [0.717, 1.165) is 37.5 Å². The molecule has 2 aliphatic rings. The molecule has 5 heteroatoms. The molecule has 1 amide bonds. The fourth-order valence-electron chi connectivity index (χ4n) is 3.25. The number of fused-ring (bicyclic) bond motifs is 1. The highest BCUT2D eigenvalue weighted by molar-refractivity contribution is 5.80. The molecule has 3 rings (SSSR count). The van der Waals surface area contributed by atoms with Gasteiger partial charge in [0.2, 0.25) is 5.91 Å². The van der Waals surface area contributed by atoms with Gasteiger partial charge in [-0.15, -0.1) is 0 Å². The van der Waals surface area contributed by atoms with Crippen molar-refractivity contribution in [3.8, 4) is 5.75 Å². The van der Waals surface area contributed by atoms with Gasteiger partial charge in [0, 0.05) is 32.1 Å². The van der Waals surface area contributed by atoms with Gasteiger partial charge in [-0.25, -0.2) is 0 Å². The van der Waals surface area contributed by atoms with Crippen molar-refractivity contribution in [3.63, 3.8) is 0 Å². The first-order valence-corrected chi connectivity index (χ1v) is 7.66. The number of anilines is 2. The van der Waals surface area contributed by atoms with Crippen molar-refractivity contribution in [2.75, 3.05) is 30.3 Å². The minimum Gasteiger partial charge on any atom is -0.489 e. The summed E-state index contributed by atoms with van der Waals surface area (Å²) in [4.78, 5) is 16.1. The third kappa shape index (κ3) is 2.64. The number of hydrogen-bond acceptors (Lipinski definition) is 4. The van der Waals surface area contributed by atoms with E-state index in [1.54, 1.807) is 0 Å². The standard InChI is InChI=1S/C16H23N3O2/c1-11(2)21-14-5-3-4-13(16(14)17)18-8-9-19-12(10-18)6-7-15(19)20/h3-5,11-12H,6-10,17H2,1-2H3. The summed E-state index contributed by atoms with van der Waals surface area (Å²) in [5.74, 6) is 1.04. The summed E-state index contributed by atoms with van der Waals surface area (Å²) < 4.78 is 5.76. The lowest BCUT2D eigenvalue weighted by Crippen LogP contribution is -2.51. The molecule has 0 bridgehead atoms. The molecule has 1 aromatic rings. The summed E-state index contributed by atoms with van der Waals surface area (Å²) in [6, 6.07) is 6.26. The minimum atomic E-state index is 0.104. The minimum absolute atomic E-state index is 0.104. The van der Waals surface area contributed by atoms with Gasteiger partial charge in [0.25, 0.3) is 0 Å². The lowest BCUT2D eigenvalue weighted by atomic mass is 10.1. The molecule has 2 fully saturated rings. The molecule has 1 unspecified atom stereocenters. The molecule has 1 atom stereocenters. The summed E-state index contributed by atoms with van der Waals surface area (Å²) in [7, 11) is 0. The Morgan fingerprint density at radius 1 is 1.33 bits per heavy atom. The number of hydrogen-bond donors (Lipinski definition) is 1. The number of rotatable bonds is 3. The number of nitrogens with zero attached hydrogens (tertiary/aromatic N) is 2. The van der Waals surface area contributed by atoms with Gasteiger partial charge in [-0.1, -0.05) is 6.07 Å². The molecule has 0 spiro atoms. The second-order valence-corrected chi connectivity index (χ2v) is 6.08. The zero-order valence-corrected chi connectivity index (χ0v) is 12.7. The van der Waals surface area contributed by atoms with E-state index >= 15 is 0 Å². The highest BCUT2D eigenvalue weighted by Gasteiger charge is 2.36. The lowest BCUT2D eigenvalue weighted by molar-refractivity contribution is -0.129. The van der Waals surface area contributed by atoms with Crippen molar-refractivity contribution >= 4 is 17.3 Å². The highest BCUT2D eigenvalue weighted by atomic mass is 16.5. The van der Waals surface area contributed by atoms with Crippen molar-refractivity contribution in [2.24, 2.45) is 0 Å². The van der Waals surface area contributed by atoms with E-state index in [1.165, 1.54) is 0 Å². The van der Waals surface area contributed by atoms with E-state index in [9.17, 15) is 4.79 Å². The fraction of sp³-hybridized carbons (Fsp3) is 0.562. The van der Waals surface area contributed by atoms with Crippen LogP contribution in [0.2, 0.25) is 0 Å². The number of nitrogens with two attached hydrogens (primary N) is 1. The van der Waals surface area contributed by atoms with Crippen LogP contribution in [0.5, 0.6) is 5.75 Å². The molecule has 114 valence electrons. The number of ether oxygens (including phenoxy) is 1. The Bertz CT molecular complexity index is 544. The Morgan fingerprint density at radius 3 is 2.90 bits per heavy atom. The van der Waals surface area contributed by atoms with Crippen LogP contribution in [0.15, 0.2) is 18.2 Å². The molecular formula is C16H23N3O2. The average Bonchev–Trinajstić information content (AvgIpc) is 2.82. The summed E-state index contributed by atoms with van der Waals surface area (Å²) in [5.41, 5.74) is 8.00. The second-order valence-electron chi connectivity index (χ2n) is 6.08.